The van der Waals surface area contributed by atoms with Gasteiger partial charge in [-0.15, -0.1) is 9.24 Å². The molecule has 0 saturated carbocycles. The molecule has 2 heteroatoms. The molecule has 0 N–H and O–H groups in total. The molecule has 1 aromatic rings. The molecule has 0 amide bonds. The van der Waals surface area contributed by atoms with E-state index in [0.29, 0.717) is 0 Å². The number of hydrogen-bond acceptors (Lipinski definition) is 1. The van der Waals surface area contributed by atoms with E-state index in [1.54, 1.807) is 0 Å². The lowest BCUT2D eigenvalue weighted by Gasteiger charge is -1.97. The van der Waals surface area contributed by atoms with Gasteiger partial charge in [-0.25, -0.2) is 0 Å². The van der Waals surface area contributed by atoms with Gasteiger partial charge in [0.15, 0.2) is 0 Å². The van der Waals surface area contributed by atoms with E-state index in [1.807, 2.05) is 26.8 Å². The number of aldehydes is 1. The Hall–Kier alpha value is -0.680. The zero-order chi connectivity index (χ0) is 14.9. The first-order valence-corrected chi connectivity index (χ1v) is 8.25. The molecule has 2 unspecified atom stereocenters. The fourth-order valence-electron chi connectivity index (χ4n) is 1.41. The molecule has 0 fully saturated rings. The summed E-state index contributed by atoms with van der Waals surface area (Å²) < 4.78 is 0. The minimum atomic E-state index is 0.273. The van der Waals surface area contributed by atoms with Gasteiger partial charge >= 0.3 is 0 Å². The Balaban J connectivity index is 0. The number of benzene rings is 1. The molecule has 0 saturated heterocycles. The minimum absolute atomic E-state index is 0.273. The Labute approximate surface area is 122 Å². The van der Waals surface area contributed by atoms with Gasteiger partial charge in [0.05, 0.1) is 0 Å². The summed E-state index contributed by atoms with van der Waals surface area (Å²) in [4.78, 5) is 10.0. The molecule has 1 nitrogen and oxygen atoms in total. The van der Waals surface area contributed by atoms with Crippen molar-refractivity contribution in [1.82, 2.24) is 0 Å². The third kappa shape index (κ3) is 15.3. The molecule has 0 aliphatic rings. The third-order valence-electron chi connectivity index (χ3n) is 2.52. The highest BCUT2D eigenvalue weighted by atomic mass is 31.0. The van der Waals surface area contributed by atoms with Crippen LogP contribution in [0, 0.1) is 5.92 Å². The normalized spacial score (nSPS) is 10.4. The molecule has 19 heavy (non-hydrogen) atoms. The van der Waals surface area contributed by atoms with Crippen LogP contribution in [0.2, 0.25) is 0 Å². The SMILES string of the molecule is CC.CCCCC(C)C=O.PCCc1ccccc1. The van der Waals surface area contributed by atoms with Crippen LogP contribution in [-0.2, 0) is 11.2 Å². The van der Waals surface area contributed by atoms with E-state index >= 15 is 0 Å². The van der Waals surface area contributed by atoms with Crippen molar-refractivity contribution in [3.8, 4) is 0 Å². The fraction of sp³-hybridized carbons (Fsp3) is 0.588. The molecule has 0 aliphatic carbocycles. The van der Waals surface area contributed by atoms with Crippen molar-refractivity contribution in [2.75, 3.05) is 6.16 Å². The van der Waals surface area contributed by atoms with Crippen LogP contribution in [0.15, 0.2) is 30.3 Å². The Bertz CT molecular complexity index is 272. The maximum Gasteiger partial charge on any atom is 0.122 e. The van der Waals surface area contributed by atoms with Gasteiger partial charge in [0.25, 0.3) is 0 Å². The molecule has 2 atom stereocenters. The van der Waals surface area contributed by atoms with Crippen LogP contribution in [-0.4, -0.2) is 12.4 Å². The smallest absolute Gasteiger partial charge is 0.122 e. The Morgan fingerprint density at radius 2 is 1.79 bits per heavy atom. The Morgan fingerprint density at radius 1 is 1.21 bits per heavy atom. The predicted octanol–water partition coefficient (Wildman–Crippen LogP) is 5.14. The number of rotatable bonds is 6. The number of hydrogen-bond donors (Lipinski definition) is 0. The summed E-state index contributed by atoms with van der Waals surface area (Å²) in [5, 5.41) is 0. The molecule has 0 aromatic heterocycles. The average Bonchev–Trinajstić information content (AvgIpc) is 2.49. The molecule has 0 heterocycles. The Kier molecular flexibility index (Phi) is 18.8. The van der Waals surface area contributed by atoms with Gasteiger partial charge in [-0.1, -0.05) is 70.9 Å². The summed E-state index contributed by atoms with van der Waals surface area (Å²) in [5.41, 5.74) is 1.42. The molecular formula is C17H31OP. The molecule has 0 bridgehead atoms. The second kappa shape index (κ2) is 17.3. The number of carbonyl (C=O) groups is 1. The lowest BCUT2D eigenvalue weighted by molar-refractivity contribution is -0.110. The number of carbonyl (C=O) groups excluding carboxylic acids is 1. The minimum Gasteiger partial charge on any atom is -0.303 e. The van der Waals surface area contributed by atoms with Gasteiger partial charge in [-0.2, -0.15) is 0 Å². The molecular weight excluding hydrogens is 251 g/mol. The highest BCUT2D eigenvalue weighted by Gasteiger charge is 1.95. The standard InChI is InChI=1S/C8H11P.C7H14O.C2H6/c9-7-6-8-4-2-1-3-5-8;1-3-4-5-7(2)6-8;1-2/h1-5H,6-7,9H2;6-7H,3-5H2,1-2H3;1-2H3. The lowest BCUT2D eigenvalue weighted by Crippen LogP contribution is -1.93. The molecule has 0 radical (unpaired) electrons. The zero-order valence-electron chi connectivity index (χ0n) is 13.1. The first kappa shape index (κ1) is 20.6. The van der Waals surface area contributed by atoms with Gasteiger partial charge in [0.2, 0.25) is 0 Å². The monoisotopic (exact) mass is 282 g/mol. The van der Waals surface area contributed by atoms with Gasteiger partial charge in [0, 0.05) is 5.92 Å². The quantitative estimate of drug-likeness (QED) is 0.521. The highest BCUT2D eigenvalue weighted by Crippen LogP contribution is 2.03. The van der Waals surface area contributed by atoms with Crippen molar-refractivity contribution in [1.29, 1.82) is 0 Å². The summed E-state index contributed by atoms with van der Waals surface area (Å²) in [7, 11) is 2.73. The maximum absolute atomic E-state index is 10.0. The van der Waals surface area contributed by atoms with Crippen molar-refractivity contribution in [2.24, 2.45) is 5.92 Å². The van der Waals surface area contributed by atoms with Gasteiger partial charge in [0.1, 0.15) is 6.29 Å². The Morgan fingerprint density at radius 3 is 2.21 bits per heavy atom. The van der Waals surface area contributed by atoms with E-state index in [0.717, 1.165) is 18.9 Å². The van der Waals surface area contributed by atoms with Crippen LogP contribution >= 0.6 is 9.24 Å². The van der Waals surface area contributed by atoms with Crippen LogP contribution in [0.25, 0.3) is 0 Å². The van der Waals surface area contributed by atoms with Crippen LogP contribution in [0.4, 0.5) is 0 Å². The summed E-state index contributed by atoms with van der Waals surface area (Å²) in [6.45, 7) is 8.10. The highest BCUT2D eigenvalue weighted by molar-refractivity contribution is 7.16. The van der Waals surface area contributed by atoms with Gasteiger partial charge < -0.3 is 4.79 Å². The van der Waals surface area contributed by atoms with E-state index in [2.05, 4.69) is 40.4 Å². The zero-order valence-corrected chi connectivity index (χ0v) is 14.2. The largest absolute Gasteiger partial charge is 0.303 e. The van der Waals surface area contributed by atoms with Crippen LogP contribution in [0.3, 0.4) is 0 Å². The first-order chi connectivity index (χ1) is 9.24. The van der Waals surface area contributed by atoms with E-state index in [1.165, 1.54) is 24.8 Å². The summed E-state index contributed by atoms with van der Waals surface area (Å²) in [5.74, 6) is 0.273. The van der Waals surface area contributed by atoms with Crippen molar-refractivity contribution < 1.29 is 4.79 Å². The van der Waals surface area contributed by atoms with E-state index in [4.69, 9.17) is 0 Å². The van der Waals surface area contributed by atoms with Gasteiger partial charge in [-0.3, -0.25) is 0 Å². The van der Waals surface area contributed by atoms with Crippen molar-refractivity contribution in [3.63, 3.8) is 0 Å². The summed E-state index contributed by atoms with van der Waals surface area (Å²) in [6.07, 6.45) is 6.78. The summed E-state index contributed by atoms with van der Waals surface area (Å²) in [6, 6.07) is 10.5. The van der Waals surface area contributed by atoms with Crippen molar-refractivity contribution >= 4 is 15.5 Å². The van der Waals surface area contributed by atoms with E-state index in [-0.39, 0.29) is 5.92 Å². The van der Waals surface area contributed by atoms with Crippen LogP contribution in [0.1, 0.15) is 52.5 Å². The van der Waals surface area contributed by atoms with Crippen molar-refractivity contribution in [3.05, 3.63) is 35.9 Å². The van der Waals surface area contributed by atoms with Crippen LogP contribution in [0.5, 0.6) is 0 Å². The second-order valence-corrected chi connectivity index (χ2v) is 4.86. The molecule has 1 rings (SSSR count). The van der Waals surface area contributed by atoms with Crippen LogP contribution < -0.4 is 0 Å². The van der Waals surface area contributed by atoms with E-state index in [9.17, 15) is 4.79 Å². The second-order valence-electron chi connectivity index (χ2n) is 4.28. The molecule has 0 aliphatic heterocycles. The maximum atomic E-state index is 10.0. The summed E-state index contributed by atoms with van der Waals surface area (Å²) >= 11 is 0. The number of aryl methyl sites for hydroxylation is 1. The first-order valence-electron chi connectivity index (χ1n) is 7.43. The average molecular weight is 282 g/mol. The molecule has 0 spiro atoms. The van der Waals surface area contributed by atoms with Gasteiger partial charge in [-0.05, 0) is 24.6 Å². The fourth-order valence-corrected chi connectivity index (χ4v) is 1.74. The van der Waals surface area contributed by atoms with Crippen molar-refractivity contribution in [2.45, 2.75) is 53.4 Å². The topological polar surface area (TPSA) is 17.1 Å². The number of unbranched alkanes of at least 4 members (excludes halogenated alkanes) is 1. The third-order valence-corrected chi connectivity index (χ3v) is 2.81. The molecule has 110 valence electrons. The predicted molar refractivity (Wildman–Crippen MR) is 90.8 cm³/mol. The molecule has 1 aromatic carbocycles. The lowest BCUT2D eigenvalue weighted by atomic mass is 10.1. The van der Waals surface area contributed by atoms with E-state index < -0.39 is 0 Å².